The van der Waals surface area contributed by atoms with E-state index in [1.165, 1.54) is 27.5 Å². The number of rotatable bonds is 14. The van der Waals surface area contributed by atoms with Crippen molar-refractivity contribution in [3.63, 3.8) is 0 Å². The van der Waals surface area contributed by atoms with Crippen LogP contribution in [-0.4, -0.2) is 88.8 Å². The SMILES string of the molecule is Cc1ccsc1-c1ccc(C(C)NC(=O)[C@@H]2C[C@@H](O)CN2C(=O)C(C(C)C)n2cc(-c3cc(F)cc(O[C@H]4C[C@@H](NC(=O)C[C@@H]5N=C(c6ccc(Cl)cc6)c6c(sc(C)c6C)-n6c(C)nnc65)C4)c3)cn2)cc1. The second-order valence-corrected chi connectivity index (χ2v) is 22.4. The maximum absolute atomic E-state index is 15.3. The van der Waals surface area contributed by atoms with E-state index in [1.54, 1.807) is 45.8 Å². The molecular weight excluding hydrogens is 985 g/mol. The zero-order valence-electron chi connectivity index (χ0n) is 41.6. The van der Waals surface area contributed by atoms with Gasteiger partial charge in [0.15, 0.2) is 5.82 Å². The van der Waals surface area contributed by atoms with Crippen molar-refractivity contribution >= 4 is 57.7 Å². The molecule has 5 atom stereocenters. The van der Waals surface area contributed by atoms with Crippen molar-refractivity contribution in [2.45, 2.75) is 117 Å². The van der Waals surface area contributed by atoms with Crippen LogP contribution in [0.3, 0.4) is 0 Å². The predicted molar refractivity (Wildman–Crippen MR) is 282 cm³/mol. The number of amides is 3. The van der Waals surface area contributed by atoms with Crippen molar-refractivity contribution in [1.29, 1.82) is 0 Å². The van der Waals surface area contributed by atoms with E-state index in [0.29, 0.717) is 46.4 Å². The Morgan fingerprint density at radius 2 is 1.66 bits per heavy atom. The summed E-state index contributed by atoms with van der Waals surface area (Å²) < 4.78 is 25.2. The molecule has 1 aliphatic carbocycles. The number of carbonyl (C=O) groups excluding carboxylic acids is 3. The fraction of sp³-hybridized carbons (Fsp3) is 0.364. The van der Waals surface area contributed by atoms with Gasteiger partial charge in [-0.3, -0.25) is 28.6 Å². The van der Waals surface area contributed by atoms with E-state index >= 15 is 4.39 Å². The number of fused-ring (bicyclic) bond motifs is 3. The van der Waals surface area contributed by atoms with Gasteiger partial charge in [0.25, 0.3) is 0 Å². The number of aryl methyl sites for hydroxylation is 3. The van der Waals surface area contributed by atoms with Gasteiger partial charge in [0.05, 0.1) is 30.5 Å². The van der Waals surface area contributed by atoms with Crippen molar-refractivity contribution in [1.82, 2.24) is 40.1 Å². The summed E-state index contributed by atoms with van der Waals surface area (Å²) in [5.41, 5.74) is 8.08. The number of aromatic nitrogens is 5. The van der Waals surface area contributed by atoms with Gasteiger partial charge in [-0.05, 0) is 104 Å². The highest BCUT2D eigenvalue weighted by molar-refractivity contribution is 7.15. The number of halogens is 2. The lowest BCUT2D eigenvalue weighted by Crippen LogP contribution is -2.49. The maximum Gasteiger partial charge on any atom is 0.248 e. The van der Waals surface area contributed by atoms with Gasteiger partial charge in [-0.15, -0.1) is 32.9 Å². The summed E-state index contributed by atoms with van der Waals surface area (Å²) in [6.07, 6.45) is 3.34. The Kier molecular flexibility index (Phi) is 14.0. The second kappa shape index (κ2) is 20.4. The van der Waals surface area contributed by atoms with E-state index in [-0.39, 0.29) is 61.2 Å². The Morgan fingerprint density at radius 3 is 2.37 bits per heavy atom. The van der Waals surface area contributed by atoms with Gasteiger partial charge in [0, 0.05) is 75.6 Å². The zero-order valence-corrected chi connectivity index (χ0v) is 44.0. The number of ether oxygens (including phenoxy) is 1. The largest absolute Gasteiger partial charge is 0.490 e. The van der Waals surface area contributed by atoms with E-state index in [4.69, 9.17) is 21.3 Å². The second-order valence-electron chi connectivity index (χ2n) is 19.8. The first kappa shape index (κ1) is 50.0. The molecule has 2 unspecified atom stereocenters. The molecule has 18 heteroatoms. The van der Waals surface area contributed by atoms with Gasteiger partial charge >= 0.3 is 0 Å². The highest BCUT2D eigenvalue weighted by Gasteiger charge is 2.43. The summed E-state index contributed by atoms with van der Waals surface area (Å²) in [5, 5.41) is 34.2. The predicted octanol–water partition coefficient (Wildman–Crippen LogP) is 9.99. The molecule has 2 fully saturated rings. The summed E-state index contributed by atoms with van der Waals surface area (Å²) in [5.74, 6) is 0.0123. The Balaban J connectivity index is 0.774. The quantitative estimate of drug-likeness (QED) is 0.0967. The molecule has 3 amide bonds. The molecule has 3 aliphatic rings. The van der Waals surface area contributed by atoms with E-state index in [1.807, 2.05) is 80.8 Å². The van der Waals surface area contributed by atoms with Crippen LogP contribution in [0, 0.1) is 39.4 Å². The summed E-state index contributed by atoms with van der Waals surface area (Å²) in [7, 11) is 0. The summed E-state index contributed by atoms with van der Waals surface area (Å²) >= 11 is 9.61. The van der Waals surface area contributed by atoms with Crippen LogP contribution in [0.4, 0.5) is 4.39 Å². The summed E-state index contributed by atoms with van der Waals surface area (Å²) in [4.78, 5) is 51.1. The molecule has 6 heterocycles. The Labute approximate surface area is 436 Å². The number of hydrogen-bond acceptors (Lipinski definition) is 11. The standard InChI is InChI=1S/C55H57ClFN9O5S2/c1-28(2)50(54(70)64-27-42(67)23-46(64)53(69)59-31(5)34-8-10-36(11-9-34)51-29(3)16-17-72-51)65-26-38(25-58-65)37-18-40(57)20-43(19-37)71-44-21-41(22-44)60-47(68)24-45-52-63-62-33(7)66(52)55-48(30(4)32(6)73-55)49(61-45)35-12-14-39(56)15-13-35/h8-20,25-26,28,31,41-42,44-46,50,67H,21-24,27H2,1-7H3,(H,59,69)(H,60,68)/t31?,41-,42-,44+,45+,46+,50?/m1/s1. The van der Waals surface area contributed by atoms with Crippen molar-refractivity contribution < 1.29 is 28.6 Å². The van der Waals surface area contributed by atoms with Crippen molar-refractivity contribution in [3.05, 3.63) is 146 Å². The van der Waals surface area contributed by atoms with Crippen LogP contribution in [0.1, 0.15) is 109 Å². The molecule has 0 spiro atoms. The molecule has 73 heavy (non-hydrogen) atoms. The van der Waals surface area contributed by atoms with Crippen molar-refractivity contribution in [2.24, 2.45) is 10.9 Å². The first-order valence-electron chi connectivity index (χ1n) is 24.6. The molecule has 7 aromatic rings. The van der Waals surface area contributed by atoms with Gasteiger partial charge in [-0.2, -0.15) is 5.10 Å². The maximum atomic E-state index is 15.3. The van der Waals surface area contributed by atoms with Crippen LogP contribution in [-0.2, 0) is 14.4 Å². The van der Waals surface area contributed by atoms with Gasteiger partial charge in [0.2, 0.25) is 17.7 Å². The third-order valence-electron chi connectivity index (χ3n) is 14.2. The smallest absolute Gasteiger partial charge is 0.248 e. The number of aliphatic hydroxyl groups is 1. The lowest BCUT2D eigenvalue weighted by molar-refractivity contribution is -0.142. The monoisotopic (exact) mass is 1040 g/mol. The number of aliphatic hydroxyl groups excluding tert-OH is 1. The Hall–Kier alpha value is -6.53. The van der Waals surface area contributed by atoms with Crippen LogP contribution >= 0.6 is 34.3 Å². The number of likely N-dealkylation sites (tertiary alicyclic amines) is 1. The molecule has 1 saturated carbocycles. The van der Waals surface area contributed by atoms with Crippen LogP contribution in [0.5, 0.6) is 5.75 Å². The molecule has 4 aromatic heterocycles. The number of benzene rings is 3. The van der Waals surface area contributed by atoms with Gasteiger partial charge in [-0.1, -0.05) is 61.8 Å². The minimum absolute atomic E-state index is 0.00847. The molecule has 0 bridgehead atoms. The molecule has 0 radical (unpaired) electrons. The number of carbonyl (C=O) groups is 3. The number of hydrogen-bond donors (Lipinski definition) is 3. The van der Waals surface area contributed by atoms with E-state index in [0.717, 1.165) is 43.4 Å². The van der Waals surface area contributed by atoms with Crippen LogP contribution < -0.4 is 15.4 Å². The first-order valence-corrected chi connectivity index (χ1v) is 26.7. The molecule has 2 aliphatic heterocycles. The highest BCUT2D eigenvalue weighted by atomic mass is 35.5. The number of nitrogens with one attached hydrogen (secondary N) is 2. The number of thiophene rings is 2. The van der Waals surface area contributed by atoms with Crippen LogP contribution in [0.15, 0.2) is 95.6 Å². The van der Waals surface area contributed by atoms with E-state index < -0.39 is 30.0 Å². The summed E-state index contributed by atoms with van der Waals surface area (Å²) in [6.45, 7) is 13.9. The lowest BCUT2D eigenvalue weighted by atomic mass is 9.89. The van der Waals surface area contributed by atoms with Crippen molar-refractivity contribution in [3.8, 4) is 32.3 Å². The molecule has 3 N–H and O–H groups in total. The molecular formula is C55H57ClFN9O5S2. The third kappa shape index (κ3) is 10.1. The average Bonchev–Trinajstić information content (AvgIpc) is 4.19. The van der Waals surface area contributed by atoms with Gasteiger partial charge in [-0.25, -0.2) is 4.39 Å². The normalized spacial score (nSPS) is 20.1. The fourth-order valence-corrected chi connectivity index (χ4v) is 12.4. The molecule has 3 aromatic carbocycles. The van der Waals surface area contributed by atoms with Gasteiger partial charge < -0.3 is 25.4 Å². The highest BCUT2D eigenvalue weighted by Crippen LogP contribution is 2.40. The minimum Gasteiger partial charge on any atom is -0.490 e. The van der Waals surface area contributed by atoms with Gasteiger partial charge in [0.1, 0.15) is 46.6 Å². The van der Waals surface area contributed by atoms with Crippen LogP contribution in [0.2, 0.25) is 5.02 Å². The molecule has 1 saturated heterocycles. The third-order valence-corrected chi connectivity index (χ3v) is 16.7. The number of β-amino-alcohol motifs (C(OH)–C–C–N with tert-alkyl or cyclic N) is 1. The molecule has 378 valence electrons. The average molecular weight is 1040 g/mol. The number of nitrogens with zero attached hydrogens (tertiary/aromatic N) is 7. The van der Waals surface area contributed by atoms with Crippen LogP contribution in [0.25, 0.3) is 26.6 Å². The lowest BCUT2D eigenvalue weighted by Gasteiger charge is -2.36. The minimum atomic E-state index is -0.877. The Morgan fingerprint density at radius 1 is 0.918 bits per heavy atom. The molecule has 10 rings (SSSR count). The molecule has 14 nitrogen and oxygen atoms in total. The topological polar surface area (TPSA) is 169 Å². The number of aliphatic imine (C=N–C) groups is 1. The van der Waals surface area contributed by atoms with E-state index in [9.17, 15) is 19.5 Å². The van der Waals surface area contributed by atoms with E-state index in [2.05, 4.69) is 58.1 Å². The van der Waals surface area contributed by atoms with Crippen molar-refractivity contribution in [2.75, 3.05) is 6.54 Å². The Bertz CT molecular complexity index is 3250. The summed E-state index contributed by atoms with van der Waals surface area (Å²) in [6, 6.07) is 19.4. The first-order chi connectivity index (χ1) is 35.0. The fourth-order valence-electron chi connectivity index (χ4n) is 10.2. The zero-order chi connectivity index (χ0) is 51.4.